The Kier molecular flexibility index (Phi) is 5.63. The van der Waals surface area contributed by atoms with Crippen LogP contribution in [0.3, 0.4) is 0 Å². The molecule has 0 aromatic carbocycles. The number of rotatable bonds is 6. The van der Waals surface area contributed by atoms with Gasteiger partial charge in [0.05, 0.1) is 19.4 Å². The third-order valence-corrected chi connectivity index (χ3v) is 5.72. The molecule has 1 heterocycles. The van der Waals surface area contributed by atoms with Crippen LogP contribution < -0.4 is 5.73 Å². The second kappa shape index (κ2) is 7.18. The first kappa shape index (κ1) is 18.8. The van der Waals surface area contributed by atoms with E-state index in [4.69, 9.17) is 15.2 Å². The fraction of sp³-hybridized carbons (Fsp3) is 0.529. The fourth-order valence-corrected chi connectivity index (χ4v) is 3.78. The molecule has 1 aliphatic carbocycles. The van der Waals surface area contributed by atoms with Crippen LogP contribution in [0.1, 0.15) is 6.42 Å². The summed E-state index contributed by atoms with van der Waals surface area (Å²) in [6, 6.07) is -0.208. The Hall–Kier alpha value is -1.49. The molecule has 0 saturated heterocycles. The van der Waals surface area contributed by atoms with Crippen molar-refractivity contribution in [2.24, 2.45) is 10.7 Å². The monoisotopic (exact) mass is 353 g/mol. The predicted octanol–water partition coefficient (Wildman–Crippen LogP) is 1.40. The quantitative estimate of drug-likeness (QED) is 0.557. The molecular formula is C17H28N3O3P. The summed E-state index contributed by atoms with van der Waals surface area (Å²) in [5.74, 6) is 1.26. The van der Waals surface area contributed by atoms with Crippen LogP contribution in [-0.4, -0.2) is 74.1 Å². The third kappa shape index (κ3) is 3.94. The van der Waals surface area contributed by atoms with Crippen molar-refractivity contribution in [3.63, 3.8) is 0 Å². The molecule has 2 aliphatic rings. The number of aliphatic hydroxyl groups excluding tert-OH is 1. The van der Waals surface area contributed by atoms with Gasteiger partial charge in [-0.2, -0.15) is 0 Å². The molecule has 0 aromatic rings. The van der Waals surface area contributed by atoms with Gasteiger partial charge in [-0.05, 0) is 31.5 Å². The highest BCUT2D eigenvalue weighted by Crippen LogP contribution is 2.39. The molecule has 6 nitrogen and oxygen atoms in total. The maximum absolute atomic E-state index is 10.6. The number of aliphatic hydroxyl groups is 1. The molecule has 0 radical (unpaired) electrons. The van der Waals surface area contributed by atoms with Crippen molar-refractivity contribution < 1.29 is 14.6 Å². The first-order chi connectivity index (χ1) is 11.2. The van der Waals surface area contributed by atoms with Crippen molar-refractivity contribution in [2.75, 3.05) is 33.7 Å². The maximum atomic E-state index is 10.6. The molecule has 134 valence electrons. The summed E-state index contributed by atoms with van der Waals surface area (Å²) in [7, 11) is 3.14. The zero-order valence-corrected chi connectivity index (χ0v) is 15.8. The number of hydrogen-bond acceptors (Lipinski definition) is 6. The normalized spacial score (nSPS) is 27.7. The molecule has 0 unspecified atom stereocenters. The van der Waals surface area contributed by atoms with Gasteiger partial charge in [0.25, 0.3) is 0 Å². The van der Waals surface area contributed by atoms with Crippen LogP contribution in [0.25, 0.3) is 0 Å². The second-order valence-corrected chi connectivity index (χ2v) is 11.1. The molecule has 24 heavy (non-hydrogen) atoms. The molecule has 0 bridgehead atoms. The van der Waals surface area contributed by atoms with Crippen molar-refractivity contribution in [1.29, 1.82) is 0 Å². The lowest BCUT2D eigenvalue weighted by atomic mass is 10.1. The topological polar surface area (TPSA) is 80.3 Å². The Morgan fingerprint density at radius 1 is 1.42 bits per heavy atom. The number of ether oxygens (including phenoxy) is 2. The highest BCUT2D eigenvalue weighted by atomic mass is 31.2. The minimum atomic E-state index is -1.15. The van der Waals surface area contributed by atoms with E-state index in [1.165, 1.54) is 0 Å². The summed E-state index contributed by atoms with van der Waals surface area (Å²) in [6.07, 6.45) is 8.79. The summed E-state index contributed by atoms with van der Waals surface area (Å²) in [5.41, 5.74) is 6.81. The van der Waals surface area contributed by atoms with Gasteiger partial charge in [-0.25, -0.2) is 4.99 Å². The van der Waals surface area contributed by atoms with Crippen molar-refractivity contribution in [1.82, 2.24) is 4.90 Å². The lowest BCUT2D eigenvalue weighted by Gasteiger charge is -2.33. The summed E-state index contributed by atoms with van der Waals surface area (Å²) >= 11 is 0. The molecule has 3 atom stereocenters. The molecule has 2 rings (SSSR count). The Morgan fingerprint density at radius 3 is 2.62 bits per heavy atom. The van der Waals surface area contributed by atoms with Gasteiger partial charge in [-0.3, -0.25) is 0 Å². The van der Waals surface area contributed by atoms with Crippen LogP contribution in [0.5, 0.6) is 0 Å². The first-order valence-corrected chi connectivity index (χ1v) is 10.9. The lowest BCUT2D eigenvalue weighted by molar-refractivity contribution is -0.0112. The van der Waals surface area contributed by atoms with E-state index in [1.54, 1.807) is 20.4 Å². The summed E-state index contributed by atoms with van der Waals surface area (Å²) in [4.78, 5) is 6.06. The van der Waals surface area contributed by atoms with Gasteiger partial charge in [0.15, 0.2) is 11.6 Å². The molecule has 3 N–H and O–H groups in total. The zero-order valence-electron chi connectivity index (χ0n) is 14.9. The second-order valence-electron chi connectivity index (χ2n) is 6.80. The van der Waals surface area contributed by atoms with Gasteiger partial charge in [0.1, 0.15) is 18.0 Å². The van der Waals surface area contributed by atoms with E-state index in [2.05, 4.69) is 31.2 Å². The van der Waals surface area contributed by atoms with E-state index in [-0.39, 0.29) is 6.04 Å². The summed E-state index contributed by atoms with van der Waals surface area (Å²) in [6.45, 7) is 7.18. The van der Waals surface area contributed by atoms with Gasteiger partial charge in [-0.15, -0.1) is 13.2 Å². The zero-order chi connectivity index (χ0) is 18.1. The lowest BCUT2D eigenvalue weighted by Crippen LogP contribution is -2.43. The van der Waals surface area contributed by atoms with Gasteiger partial charge in [0.2, 0.25) is 0 Å². The molecule has 1 aliphatic heterocycles. The van der Waals surface area contributed by atoms with Gasteiger partial charge in [0, 0.05) is 7.11 Å². The van der Waals surface area contributed by atoms with E-state index >= 15 is 0 Å². The molecule has 0 saturated carbocycles. The van der Waals surface area contributed by atoms with Gasteiger partial charge < -0.3 is 25.2 Å². The Labute approximate surface area is 144 Å². The predicted molar refractivity (Wildman–Crippen MR) is 102 cm³/mol. The molecule has 0 amide bonds. The van der Waals surface area contributed by atoms with E-state index in [9.17, 15) is 5.11 Å². The fourth-order valence-electron chi connectivity index (χ4n) is 2.91. The molecule has 7 heteroatoms. The number of nitrogens with zero attached hydrogens (tertiary/aromatic N) is 2. The SMILES string of the molecule is C=C1N=C(N)C(OC)=CN1[C@@H]1C=C(CCP(=C)(C)C)[C@@H](O)[C@H]1OC. The molecular weight excluding hydrogens is 325 g/mol. The number of aliphatic imine (C=N–C) groups is 1. The minimum absolute atomic E-state index is 0.208. The van der Waals surface area contributed by atoms with Crippen LogP contribution in [0.15, 0.2) is 41.0 Å². The number of hydrogen-bond donors (Lipinski definition) is 2. The van der Waals surface area contributed by atoms with E-state index in [0.29, 0.717) is 17.4 Å². The highest BCUT2D eigenvalue weighted by molar-refractivity contribution is 7.72. The van der Waals surface area contributed by atoms with Crippen LogP contribution in [0.2, 0.25) is 0 Å². The Bertz CT molecular complexity index is 647. The van der Waals surface area contributed by atoms with Gasteiger partial charge in [-0.1, -0.05) is 12.7 Å². The van der Waals surface area contributed by atoms with Gasteiger partial charge >= 0.3 is 0 Å². The average molecular weight is 353 g/mol. The van der Waals surface area contributed by atoms with E-state index in [0.717, 1.165) is 18.2 Å². The van der Waals surface area contributed by atoms with Crippen molar-refractivity contribution in [3.8, 4) is 0 Å². The Morgan fingerprint density at radius 2 is 2.08 bits per heavy atom. The Balaban J connectivity index is 2.27. The average Bonchev–Trinajstić information content (AvgIpc) is 2.80. The number of methoxy groups -OCH3 is 2. The summed E-state index contributed by atoms with van der Waals surface area (Å²) < 4.78 is 10.8. The molecule has 0 fully saturated rings. The minimum Gasteiger partial charge on any atom is -0.491 e. The van der Waals surface area contributed by atoms with Crippen LogP contribution in [-0.2, 0) is 9.47 Å². The first-order valence-electron chi connectivity index (χ1n) is 7.84. The smallest absolute Gasteiger partial charge is 0.177 e. The molecule has 0 spiro atoms. The summed E-state index contributed by atoms with van der Waals surface area (Å²) in [5, 5.41) is 10.6. The third-order valence-electron chi connectivity index (χ3n) is 4.29. The largest absolute Gasteiger partial charge is 0.491 e. The van der Waals surface area contributed by atoms with E-state index < -0.39 is 19.1 Å². The highest BCUT2D eigenvalue weighted by Gasteiger charge is 2.40. The van der Waals surface area contributed by atoms with Crippen molar-refractivity contribution in [2.45, 2.75) is 24.7 Å². The van der Waals surface area contributed by atoms with Crippen molar-refractivity contribution >= 4 is 19.0 Å². The maximum Gasteiger partial charge on any atom is 0.177 e. The van der Waals surface area contributed by atoms with Crippen LogP contribution >= 0.6 is 6.89 Å². The molecule has 0 aromatic heterocycles. The number of amidine groups is 1. The standard InChI is InChI=1S/C17H28N3O3P/c1-11-19-17(18)14(22-2)10-20(11)13-9-12(7-8-24(4,5)6)15(21)16(13)23-3/h9-10,13,15-16,21H,1,4,7-8H2,2-3,5-6H3,(H2,18,19)/t13-,15-,16+/m1/s1. The van der Waals surface area contributed by atoms with Crippen molar-refractivity contribution in [3.05, 3.63) is 36.0 Å². The van der Waals surface area contributed by atoms with Crippen LogP contribution in [0.4, 0.5) is 0 Å². The number of nitrogens with two attached hydrogens (primary N) is 1. The van der Waals surface area contributed by atoms with E-state index in [1.807, 2.05) is 11.0 Å². The van der Waals surface area contributed by atoms with Crippen LogP contribution in [0, 0.1) is 0 Å².